The van der Waals surface area contributed by atoms with Gasteiger partial charge in [0.25, 0.3) is 5.56 Å². The number of H-pyrrole nitrogens is 2. The Morgan fingerprint density at radius 2 is 2.20 bits per heavy atom. The van der Waals surface area contributed by atoms with E-state index in [9.17, 15) is 4.79 Å². The SMILES string of the molecule is Cc1cccc2c(CN3CCc4c(nc(C5CC5)[nH]c4=O)C3)c[nH]c12. The number of para-hydroxylation sites is 1. The average Bonchev–Trinajstić information content (AvgIpc) is 3.37. The van der Waals surface area contributed by atoms with Gasteiger partial charge in [0, 0.05) is 48.2 Å². The molecule has 5 heteroatoms. The zero-order valence-corrected chi connectivity index (χ0v) is 14.4. The first kappa shape index (κ1) is 14.9. The zero-order valence-electron chi connectivity index (χ0n) is 14.4. The molecule has 1 aliphatic carbocycles. The smallest absolute Gasteiger partial charge is 0.254 e. The quantitative estimate of drug-likeness (QED) is 0.774. The van der Waals surface area contributed by atoms with Crippen LogP contribution in [0.25, 0.3) is 10.9 Å². The van der Waals surface area contributed by atoms with E-state index in [4.69, 9.17) is 4.98 Å². The number of aromatic nitrogens is 3. The van der Waals surface area contributed by atoms with Gasteiger partial charge in [-0.1, -0.05) is 18.2 Å². The third-order valence-corrected chi connectivity index (χ3v) is 5.54. The van der Waals surface area contributed by atoms with Crippen molar-refractivity contribution in [3.8, 4) is 0 Å². The molecule has 2 aromatic heterocycles. The van der Waals surface area contributed by atoms with E-state index in [0.717, 1.165) is 56.0 Å². The topological polar surface area (TPSA) is 64.8 Å². The lowest BCUT2D eigenvalue weighted by atomic mass is 10.0. The Balaban J connectivity index is 1.43. The fourth-order valence-electron chi connectivity index (χ4n) is 3.93. The number of nitrogens with zero attached hydrogens (tertiary/aromatic N) is 2. The Labute approximate surface area is 146 Å². The summed E-state index contributed by atoms with van der Waals surface area (Å²) in [7, 11) is 0. The Morgan fingerprint density at radius 3 is 3.04 bits per heavy atom. The molecule has 128 valence electrons. The second-order valence-electron chi connectivity index (χ2n) is 7.42. The molecular weight excluding hydrogens is 312 g/mol. The van der Waals surface area contributed by atoms with Crippen LogP contribution in [0.5, 0.6) is 0 Å². The molecule has 5 nitrogen and oxygen atoms in total. The molecule has 1 fully saturated rings. The molecule has 0 spiro atoms. The molecule has 2 aliphatic rings. The molecule has 1 saturated carbocycles. The first-order chi connectivity index (χ1) is 12.2. The van der Waals surface area contributed by atoms with E-state index in [-0.39, 0.29) is 5.56 Å². The van der Waals surface area contributed by atoms with Crippen molar-refractivity contribution in [2.45, 2.75) is 45.2 Å². The van der Waals surface area contributed by atoms with Crippen molar-refractivity contribution in [3.05, 3.63) is 63.0 Å². The van der Waals surface area contributed by atoms with Crippen LogP contribution >= 0.6 is 0 Å². The summed E-state index contributed by atoms with van der Waals surface area (Å²) in [4.78, 5) is 25.9. The Morgan fingerprint density at radius 1 is 1.32 bits per heavy atom. The lowest BCUT2D eigenvalue weighted by molar-refractivity contribution is 0.241. The minimum Gasteiger partial charge on any atom is -0.361 e. The number of hydrogen-bond acceptors (Lipinski definition) is 3. The maximum Gasteiger partial charge on any atom is 0.254 e. The average molecular weight is 334 g/mol. The number of rotatable bonds is 3. The van der Waals surface area contributed by atoms with E-state index >= 15 is 0 Å². The summed E-state index contributed by atoms with van der Waals surface area (Å²) in [6.45, 7) is 4.68. The van der Waals surface area contributed by atoms with Crippen LogP contribution in [0.1, 0.15) is 47.0 Å². The van der Waals surface area contributed by atoms with Gasteiger partial charge in [-0.3, -0.25) is 9.69 Å². The number of fused-ring (bicyclic) bond motifs is 2. The molecule has 3 heterocycles. The van der Waals surface area contributed by atoms with Gasteiger partial charge in [0.2, 0.25) is 0 Å². The largest absolute Gasteiger partial charge is 0.361 e. The normalized spacial score (nSPS) is 17.8. The van der Waals surface area contributed by atoms with Crippen LogP contribution in [0.3, 0.4) is 0 Å². The van der Waals surface area contributed by atoms with Gasteiger partial charge >= 0.3 is 0 Å². The summed E-state index contributed by atoms with van der Waals surface area (Å²) in [5.41, 5.74) is 5.75. The predicted molar refractivity (Wildman–Crippen MR) is 97.7 cm³/mol. The fraction of sp³-hybridized carbons (Fsp3) is 0.400. The second-order valence-corrected chi connectivity index (χ2v) is 7.42. The Hall–Kier alpha value is -2.40. The summed E-state index contributed by atoms with van der Waals surface area (Å²) >= 11 is 0. The van der Waals surface area contributed by atoms with E-state index in [0.29, 0.717) is 5.92 Å². The van der Waals surface area contributed by atoms with Gasteiger partial charge in [-0.2, -0.15) is 0 Å². The van der Waals surface area contributed by atoms with Gasteiger partial charge in [-0.05, 0) is 37.3 Å². The molecule has 2 N–H and O–H groups in total. The summed E-state index contributed by atoms with van der Waals surface area (Å²) in [5.74, 6) is 1.37. The van der Waals surface area contributed by atoms with Gasteiger partial charge in [-0.15, -0.1) is 0 Å². The molecule has 3 aromatic rings. The Bertz CT molecular complexity index is 1010. The van der Waals surface area contributed by atoms with Gasteiger partial charge in [0.05, 0.1) is 5.69 Å². The molecular formula is C20H22N4O. The standard InChI is InChI=1S/C20H22N4O/c1-12-3-2-4-15-14(9-21-18(12)15)10-24-8-7-16-17(11-24)22-19(13-5-6-13)23-20(16)25/h2-4,9,13,21H,5-8,10-11H2,1H3,(H,22,23,25). The van der Waals surface area contributed by atoms with Gasteiger partial charge in [0.15, 0.2) is 0 Å². The molecule has 5 rings (SSSR count). The van der Waals surface area contributed by atoms with E-state index in [2.05, 4.69) is 46.2 Å². The van der Waals surface area contributed by atoms with Crippen molar-refractivity contribution in [2.75, 3.05) is 6.54 Å². The second kappa shape index (κ2) is 5.56. The van der Waals surface area contributed by atoms with Crippen molar-refractivity contribution >= 4 is 10.9 Å². The highest BCUT2D eigenvalue weighted by Crippen LogP contribution is 2.38. The molecule has 0 amide bonds. The number of hydrogen-bond donors (Lipinski definition) is 2. The monoisotopic (exact) mass is 334 g/mol. The van der Waals surface area contributed by atoms with Crippen LogP contribution in [0, 0.1) is 6.92 Å². The van der Waals surface area contributed by atoms with Crippen LogP contribution in [0.15, 0.2) is 29.2 Å². The molecule has 0 saturated heterocycles. The highest BCUT2D eigenvalue weighted by atomic mass is 16.1. The first-order valence-corrected chi connectivity index (χ1v) is 9.09. The molecule has 1 aliphatic heterocycles. The minimum atomic E-state index is 0.0780. The highest BCUT2D eigenvalue weighted by molar-refractivity contribution is 5.85. The van der Waals surface area contributed by atoms with Crippen LogP contribution in [0.2, 0.25) is 0 Å². The number of aryl methyl sites for hydroxylation is 1. The molecule has 0 atom stereocenters. The zero-order chi connectivity index (χ0) is 17.0. The molecule has 0 radical (unpaired) electrons. The number of nitrogens with one attached hydrogen (secondary N) is 2. The van der Waals surface area contributed by atoms with Crippen molar-refractivity contribution in [3.63, 3.8) is 0 Å². The summed E-state index contributed by atoms with van der Waals surface area (Å²) in [6, 6.07) is 6.43. The minimum absolute atomic E-state index is 0.0780. The molecule has 25 heavy (non-hydrogen) atoms. The van der Waals surface area contributed by atoms with Gasteiger partial charge in [0.1, 0.15) is 5.82 Å². The highest BCUT2D eigenvalue weighted by Gasteiger charge is 2.29. The van der Waals surface area contributed by atoms with Crippen LogP contribution in [-0.4, -0.2) is 26.4 Å². The van der Waals surface area contributed by atoms with Crippen molar-refractivity contribution in [1.29, 1.82) is 0 Å². The van der Waals surface area contributed by atoms with Crippen molar-refractivity contribution in [1.82, 2.24) is 19.9 Å². The van der Waals surface area contributed by atoms with Gasteiger partial charge < -0.3 is 9.97 Å². The van der Waals surface area contributed by atoms with Crippen LogP contribution in [-0.2, 0) is 19.5 Å². The first-order valence-electron chi connectivity index (χ1n) is 9.09. The van der Waals surface area contributed by atoms with E-state index in [1.165, 1.54) is 22.0 Å². The lowest BCUT2D eigenvalue weighted by Crippen LogP contribution is -2.35. The van der Waals surface area contributed by atoms with Crippen LogP contribution < -0.4 is 5.56 Å². The van der Waals surface area contributed by atoms with Crippen molar-refractivity contribution < 1.29 is 0 Å². The summed E-state index contributed by atoms with van der Waals surface area (Å²) < 4.78 is 0. The third kappa shape index (κ3) is 2.59. The maximum atomic E-state index is 12.3. The maximum absolute atomic E-state index is 12.3. The Kier molecular flexibility index (Phi) is 3.31. The molecule has 0 bridgehead atoms. The van der Waals surface area contributed by atoms with E-state index in [1.807, 2.05) is 0 Å². The predicted octanol–water partition coefficient (Wildman–Crippen LogP) is 3.00. The van der Waals surface area contributed by atoms with Gasteiger partial charge in [-0.25, -0.2) is 4.98 Å². The molecule has 1 aromatic carbocycles. The van der Waals surface area contributed by atoms with E-state index < -0.39 is 0 Å². The fourth-order valence-corrected chi connectivity index (χ4v) is 3.93. The lowest BCUT2D eigenvalue weighted by Gasteiger charge is -2.27. The number of aromatic amines is 2. The summed E-state index contributed by atoms with van der Waals surface area (Å²) in [5, 5.41) is 1.29. The third-order valence-electron chi connectivity index (χ3n) is 5.54. The summed E-state index contributed by atoms with van der Waals surface area (Å²) in [6.07, 6.45) is 5.21. The van der Waals surface area contributed by atoms with Crippen molar-refractivity contribution in [2.24, 2.45) is 0 Å². The molecule has 0 unspecified atom stereocenters. The number of benzene rings is 1. The van der Waals surface area contributed by atoms with Crippen LogP contribution in [0.4, 0.5) is 0 Å². The van der Waals surface area contributed by atoms with E-state index in [1.54, 1.807) is 0 Å².